The maximum absolute atomic E-state index is 5.65. The zero-order chi connectivity index (χ0) is 20.3. The van der Waals surface area contributed by atoms with E-state index in [1.807, 2.05) is 74.5 Å². The standard InChI is InChI=1S/C26H30O2/c1-25(27-3,23-17-11-9-12-18-23)21-15-7-5-6-8-16-22-26(2,28-4)24-19-13-10-14-20-24/h9-14,17-20H,5-8H2,1-4H3. The monoisotopic (exact) mass is 374 g/mol. The van der Waals surface area contributed by atoms with Gasteiger partial charge in [-0.05, 0) is 37.8 Å². The zero-order valence-corrected chi connectivity index (χ0v) is 17.4. The Hall–Kier alpha value is -2.52. The van der Waals surface area contributed by atoms with Crippen LogP contribution < -0.4 is 0 Å². The molecule has 0 saturated carbocycles. The second-order valence-electron chi connectivity index (χ2n) is 7.02. The molecule has 2 unspecified atom stereocenters. The smallest absolute Gasteiger partial charge is 0.150 e. The van der Waals surface area contributed by atoms with Gasteiger partial charge in [-0.2, -0.15) is 0 Å². The van der Waals surface area contributed by atoms with Crippen LogP contribution in [0.15, 0.2) is 60.7 Å². The lowest BCUT2D eigenvalue weighted by Gasteiger charge is -2.22. The minimum atomic E-state index is -0.559. The van der Waals surface area contributed by atoms with Crippen molar-refractivity contribution in [2.75, 3.05) is 14.2 Å². The van der Waals surface area contributed by atoms with Gasteiger partial charge in [-0.1, -0.05) is 84.3 Å². The Morgan fingerprint density at radius 1 is 0.643 bits per heavy atom. The molecule has 2 aromatic carbocycles. The van der Waals surface area contributed by atoms with E-state index in [1.165, 1.54) is 0 Å². The van der Waals surface area contributed by atoms with E-state index in [0.717, 1.165) is 36.8 Å². The van der Waals surface area contributed by atoms with Gasteiger partial charge in [0.15, 0.2) is 11.2 Å². The second-order valence-corrected chi connectivity index (χ2v) is 7.02. The number of methoxy groups -OCH3 is 2. The van der Waals surface area contributed by atoms with E-state index in [2.05, 4.69) is 23.7 Å². The molecule has 0 spiro atoms. The third-order valence-electron chi connectivity index (χ3n) is 4.97. The fourth-order valence-electron chi connectivity index (χ4n) is 2.88. The van der Waals surface area contributed by atoms with Gasteiger partial charge in [0.05, 0.1) is 0 Å². The Balaban J connectivity index is 1.83. The Kier molecular flexibility index (Phi) is 8.34. The minimum Gasteiger partial charge on any atom is -0.362 e. The van der Waals surface area contributed by atoms with Crippen LogP contribution in [0.4, 0.5) is 0 Å². The summed E-state index contributed by atoms with van der Waals surface area (Å²) in [6, 6.07) is 20.2. The first-order chi connectivity index (χ1) is 13.5. The van der Waals surface area contributed by atoms with Gasteiger partial charge in [-0.3, -0.25) is 0 Å². The number of unbranched alkanes of at least 4 members (excludes halogenated alkanes) is 3. The number of hydrogen-bond acceptors (Lipinski definition) is 2. The highest BCUT2D eigenvalue weighted by Gasteiger charge is 2.23. The van der Waals surface area contributed by atoms with E-state index in [-0.39, 0.29) is 0 Å². The summed E-state index contributed by atoms with van der Waals surface area (Å²) < 4.78 is 11.3. The number of rotatable bonds is 7. The fraction of sp³-hybridized carbons (Fsp3) is 0.385. The van der Waals surface area contributed by atoms with Crippen LogP contribution in [0.1, 0.15) is 50.7 Å². The van der Waals surface area contributed by atoms with Gasteiger partial charge in [0.1, 0.15) is 0 Å². The quantitative estimate of drug-likeness (QED) is 0.459. The van der Waals surface area contributed by atoms with Gasteiger partial charge in [0, 0.05) is 27.1 Å². The van der Waals surface area contributed by atoms with Crippen molar-refractivity contribution >= 4 is 0 Å². The van der Waals surface area contributed by atoms with E-state index < -0.39 is 11.2 Å². The molecule has 0 saturated heterocycles. The molecule has 2 aromatic rings. The predicted octanol–water partition coefficient (Wildman–Crippen LogP) is 5.68. The lowest BCUT2D eigenvalue weighted by molar-refractivity contribution is 0.0549. The highest BCUT2D eigenvalue weighted by atomic mass is 16.5. The van der Waals surface area contributed by atoms with Gasteiger partial charge in [0.2, 0.25) is 0 Å². The maximum Gasteiger partial charge on any atom is 0.150 e. The number of ether oxygens (including phenoxy) is 2. The Labute approximate surface area is 170 Å². The summed E-state index contributed by atoms with van der Waals surface area (Å²) in [6.45, 7) is 4.02. The average Bonchev–Trinajstić information content (AvgIpc) is 2.76. The van der Waals surface area contributed by atoms with E-state index in [0.29, 0.717) is 0 Å². The fourth-order valence-corrected chi connectivity index (χ4v) is 2.88. The maximum atomic E-state index is 5.65. The van der Waals surface area contributed by atoms with Crippen molar-refractivity contribution in [1.29, 1.82) is 0 Å². The molecular formula is C26H30O2. The molecule has 0 amide bonds. The van der Waals surface area contributed by atoms with Crippen LogP contribution >= 0.6 is 0 Å². The van der Waals surface area contributed by atoms with Gasteiger partial charge in [-0.25, -0.2) is 0 Å². The molecule has 0 aromatic heterocycles. The van der Waals surface area contributed by atoms with Crippen LogP contribution in [0.25, 0.3) is 0 Å². The first kappa shape index (κ1) is 21.8. The van der Waals surface area contributed by atoms with E-state index >= 15 is 0 Å². The van der Waals surface area contributed by atoms with Crippen LogP contribution in [-0.4, -0.2) is 14.2 Å². The molecule has 0 aliphatic carbocycles. The molecule has 0 aliphatic rings. The SMILES string of the molecule is COC(C)(C#CCCCCC#CC(C)(OC)c1ccccc1)c1ccccc1. The molecule has 146 valence electrons. The Bertz CT molecular complexity index is 762. The number of hydrogen-bond donors (Lipinski definition) is 0. The van der Waals surface area contributed by atoms with Crippen LogP contribution in [0.5, 0.6) is 0 Å². The summed E-state index contributed by atoms with van der Waals surface area (Å²) >= 11 is 0. The molecule has 0 radical (unpaired) electrons. The lowest BCUT2D eigenvalue weighted by Crippen LogP contribution is -2.21. The molecule has 0 bridgehead atoms. The summed E-state index contributed by atoms with van der Waals surface area (Å²) in [5.74, 6) is 13.1. The minimum absolute atomic E-state index is 0.559. The molecule has 0 aliphatic heterocycles. The van der Waals surface area contributed by atoms with Crippen molar-refractivity contribution in [3.05, 3.63) is 71.8 Å². The third kappa shape index (κ3) is 6.00. The zero-order valence-electron chi connectivity index (χ0n) is 17.4. The topological polar surface area (TPSA) is 18.5 Å². The van der Waals surface area contributed by atoms with Gasteiger partial charge in [0.25, 0.3) is 0 Å². The molecule has 0 heterocycles. The molecule has 2 rings (SSSR count). The first-order valence-corrected chi connectivity index (χ1v) is 9.75. The molecule has 0 fully saturated rings. The second kappa shape index (κ2) is 10.7. The van der Waals surface area contributed by atoms with Crippen molar-refractivity contribution in [3.8, 4) is 23.7 Å². The summed E-state index contributed by atoms with van der Waals surface area (Å²) in [6.07, 6.45) is 3.72. The van der Waals surface area contributed by atoms with Gasteiger partial charge >= 0.3 is 0 Å². The predicted molar refractivity (Wildman–Crippen MR) is 116 cm³/mol. The molecular weight excluding hydrogens is 344 g/mol. The molecule has 2 atom stereocenters. The highest BCUT2D eigenvalue weighted by Crippen LogP contribution is 2.24. The third-order valence-corrected chi connectivity index (χ3v) is 4.97. The molecule has 28 heavy (non-hydrogen) atoms. The number of benzene rings is 2. The Morgan fingerprint density at radius 2 is 1.00 bits per heavy atom. The van der Waals surface area contributed by atoms with Crippen molar-refractivity contribution in [2.24, 2.45) is 0 Å². The lowest BCUT2D eigenvalue weighted by atomic mass is 9.96. The van der Waals surface area contributed by atoms with Gasteiger partial charge < -0.3 is 9.47 Å². The van der Waals surface area contributed by atoms with E-state index in [1.54, 1.807) is 14.2 Å². The van der Waals surface area contributed by atoms with Crippen LogP contribution in [-0.2, 0) is 20.7 Å². The molecule has 2 heteroatoms. The summed E-state index contributed by atoms with van der Waals surface area (Å²) in [4.78, 5) is 0. The van der Waals surface area contributed by atoms with Crippen LogP contribution in [0, 0.1) is 23.7 Å². The normalized spacial score (nSPS) is 14.6. The van der Waals surface area contributed by atoms with Crippen molar-refractivity contribution in [1.82, 2.24) is 0 Å². The first-order valence-electron chi connectivity index (χ1n) is 9.75. The van der Waals surface area contributed by atoms with Crippen molar-refractivity contribution in [2.45, 2.75) is 50.7 Å². The summed E-state index contributed by atoms with van der Waals surface area (Å²) in [7, 11) is 3.41. The molecule has 2 nitrogen and oxygen atoms in total. The average molecular weight is 375 g/mol. The van der Waals surface area contributed by atoms with Crippen molar-refractivity contribution < 1.29 is 9.47 Å². The highest BCUT2D eigenvalue weighted by molar-refractivity contribution is 5.32. The van der Waals surface area contributed by atoms with E-state index in [9.17, 15) is 0 Å². The molecule has 0 N–H and O–H groups in total. The van der Waals surface area contributed by atoms with Gasteiger partial charge in [-0.15, -0.1) is 0 Å². The summed E-state index contributed by atoms with van der Waals surface area (Å²) in [5, 5.41) is 0. The Morgan fingerprint density at radius 3 is 1.32 bits per heavy atom. The van der Waals surface area contributed by atoms with Crippen molar-refractivity contribution in [3.63, 3.8) is 0 Å². The van der Waals surface area contributed by atoms with Crippen LogP contribution in [0.3, 0.4) is 0 Å². The van der Waals surface area contributed by atoms with E-state index in [4.69, 9.17) is 9.47 Å². The largest absolute Gasteiger partial charge is 0.362 e. The van der Waals surface area contributed by atoms with Crippen LogP contribution in [0.2, 0.25) is 0 Å². The summed E-state index contributed by atoms with van der Waals surface area (Å²) in [5.41, 5.74) is 1.04.